The van der Waals surface area contributed by atoms with Gasteiger partial charge in [-0.25, -0.2) is 4.98 Å². The van der Waals surface area contributed by atoms with Crippen LogP contribution in [0, 0.1) is 24.2 Å². The van der Waals surface area contributed by atoms with E-state index in [1.807, 2.05) is 13.0 Å². The standard InChI is InChI=1S/C19H23N5O/c1-12-23-24-18(25-12)9-13-6-7-16(8-13)21-19-15(11-20)10-14-4-2-3-5-17(14)22-19/h10,13,16H,2-9H2,1H3,(H,21,22)/t13-,16+/m1/s1. The van der Waals surface area contributed by atoms with Crippen LogP contribution in [0.25, 0.3) is 0 Å². The van der Waals surface area contributed by atoms with Crippen molar-refractivity contribution >= 4 is 5.82 Å². The molecule has 0 bridgehead atoms. The molecule has 2 atom stereocenters. The lowest BCUT2D eigenvalue weighted by atomic mass is 9.95. The molecule has 2 aromatic rings. The summed E-state index contributed by atoms with van der Waals surface area (Å²) < 4.78 is 5.50. The van der Waals surface area contributed by atoms with Gasteiger partial charge in [-0.05, 0) is 62.5 Å². The molecule has 0 spiro atoms. The highest BCUT2D eigenvalue weighted by Crippen LogP contribution is 2.32. The Morgan fingerprint density at radius 2 is 2.16 bits per heavy atom. The van der Waals surface area contributed by atoms with Gasteiger partial charge in [0.05, 0.1) is 5.56 Å². The van der Waals surface area contributed by atoms with Gasteiger partial charge in [0.15, 0.2) is 0 Å². The normalized spacial score (nSPS) is 22.4. The minimum Gasteiger partial charge on any atom is -0.426 e. The number of rotatable bonds is 4. The van der Waals surface area contributed by atoms with Crippen LogP contribution in [0.2, 0.25) is 0 Å². The summed E-state index contributed by atoms with van der Waals surface area (Å²) in [5.41, 5.74) is 3.10. The zero-order valence-corrected chi connectivity index (χ0v) is 14.6. The van der Waals surface area contributed by atoms with Crippen LogP contribution in [0.3, 0.4) is 0 Å². The summed E-state index contributed by atoms with van der Waals surface area (Å²) in [7, 11) is 0. The Kier molecular flexibility index (Phi) is 4.39. The van der Waals surface area contributed by atoms with Crippen molar-refractivity contribution in [3.63, 3.8) is 0 Å². The molecule has 0 saturated heterocycles. The van der Waals surface area contributed by atoms with Gasteiger partial charge in [-0.3, -0.25) is 0 Å². The van der Waals surface area contributed by atoms with E-state index in [1.54, 1.807) is 0 Å². The van der Waals surface area contributed by atoms with E-state index >= 15 is 0 Å². The van der Waals surface area contributed by atoms with Crippen LogP contribution in [-0.2, 0) is 19.3 Å². The highest BCUT2D eigenvalue weighted by molar-refractivity contribution is 5.55. The molecule has 1 fully saturated rings. The van der Waals surface area contributed by atoms with Crippen molar-refractivity contribution in [1.82, 2.24) is 15.2 Å². The van der Waals surface area contributed by atoms with Gasteiger partial charge >= 0.3 is 0 Å². The molecule has 2 aromatic heterocycles. The fraction of sp³-hybridized carbons (Fsp3) is 0.579. The molecule has 25 heavy (non-hydrogen) atoms. The molecule has 130 valence electrons. The van der Waals surface area contributed by atoms with Gasteiger partial charge in [0, 0.05) is 25.1 Å². The number of hydrogen-bond acceptors (Lipinski definition) is 6. The average Bonchev–Trinajstić information content (AvgIpc) is 3.23. The highest BCUT2D eigenvalue weighted by Gasteiger charge is 2.27. The maximum Gasteiger partial charge on any atom is 0.216 e. The molecular weight excluding hydrogens is 314 g/mol. The number of aryl methyl sites for hydroxylation is 3. The maximum atomic E-state index is 9.49. The minimum atomic E-state index is 0.357. The zero-order chi connectivity index (χ0) is 17.2. The molecule has 2 heterocycles. The SMILES string of the molecule is Cc1nnc(C[C@@H]2CC[C@H](Nc3nc4c(cc3C#N)CCCC4)C2)o1. The Morgan fingerprint density at radius 1 is 1.28 bits per heavy atom. The van der Waals surface area contributed by atoms with Crippen molar-refractivity contribution < 1.29 is 4.42 Å². The number of anilines is 1. The Labute approximate surface area is 147 Å². The molecule has 0 aliphatic heterocycles. The van der Waals surface area contributed by atoms with Crippen LogP contribution in [0.15, 0.2) is 10.5 Å². The number of nitrogens with one attached hydrogen (secondary N) is 1. The topological polar surface area (TPSA) is 87.6 Å². The molecular formula is C19H23N5O. The number of fused-ring (bicyclic) bond motifs is 1. The Hall–Kier alpha value is -2.42. The van der Waals surface area contributed by atoms with Crippen molar-refractivity contribution in [2.24, 2.45) is 5.92 Å². The van der Waals surface area contributed by atoms with E-state index in [2.05, 4.69) is 21.6 Å². The maximum absolute atomic E-state index is 9.49. The molecule has 1 N–H and O–H groups in total. The smallest absolute Gasteiger partial charge is 0.216 e. The molecule has 4 rings (SSSR count). The summed E-state index contributed by atoms with van der Waals surface area (Å²) in [6.07, 6.45) is 8.57. The Morgan fingerprint density at radius 3 is 2.96 bits per heavy atom. The number of pyridine rings is 1. The van der Waals surface area contributed by atoms with Crippen LogP contribution < -0.4 is 5.32 Å². The summed E-state index contributed by atoms with van der Waals surface area (Å²) in [5, 5.41) is 21.0. The van der Waals surface area contributed by atoms with Crippen molar-refractivity contribution in [1.29, 1.82) is 5.26 Å². The molecule has 0 aromatic carbocycles. The van der Waals surface area contributed by atoms with E-state index in [-0.39, 0.29) is 0 Å². The van der Waals surface area contributed by atoms with E-state index in [0.717, 1.165) is 50.2 Å². The lowest BCUT2D eigenvalue weighted by Crippen LogP contribution is -2.19. The molecule has 1 saturated carbocycles. The van der Waals surface area contributed by atoms with Crippen LogP contribution in [0.4, 0.5) is 5.82 Å². The van der Waals surface area contributed by atoms with Crippen LogP contribution in [0.1, 0.15) is 60.7 Å². The van der Waals surface area contributed by atoms with Crippen molar-refractivity contribution in [3.05, 3.63) is 34.7 Å². The van der Waals surface area contributed by atoms with Gasteiger partial charge in [0.2, 0.25) is 11.8 Å². The first kappa shape index (κ1) is 16.1. The van der Waals surface area contributed by atoms with E-state index < -0.39 is 0 Å². The van der Waals surface area contributed by atoms with Gasteiger partial charge in [-0.1, -0.05) is 0 Å². The second-order valence-corrected chi connectivity index (χ2v) is 7.25. The van der Waals surface area contributed by atoms with Crippen molar-refractivity contribution in [3.8, 4) is 6.07 Å². The third kappa shape index (κ3) is 3.51. The molecule has 6 nitrogen and oxygen atoms in total. The van der Waals surface area contributed by atoms with E-state index in [9.17, 15) is 5.26 Å². The quantitative estimate of drug-likeness (QED) is 0.920. The summed E-state index contributed by atoms with van der Waals surface area (Å²) in [6.45, 7) is 1.82. The second kappa shape index (κ2) is 6.83. The van der Waals surface area contributed by atoms with E-state index in [1.165, 1.54) is 24.1 Å². The van der Waals surface area contributed by atoms with Crippen LogP contribution >= 0.6 is 0 Å². The lowest BCUT2D eigenvalue weighted by Gasteiger charge is -2.19. The number of nitrogens with zero attached hydrogens (tertiary/aromatic N) is 4. The number of nitriles is 1. The van der Waals surface area contributed by atoms with Gasteiger partial charge in [0.25, 0.3) is 0 Å². The fourth-order valence-electron chi connectivity index (χ4n) is 4.08. The van der Waals surface area contributed by atoms with Gasteiger partial charge in [-0.2, -0.15) is 5.26 Å². The minimum absolute atomic E-state index is 0.357. The molecule has 6 heteroatoms. The first-order chi connectivity index (χ1) is 12.2. The van der Waals surface area contributed by atoms with E-state index in [4.69, 9.17) is 9.40 Å². The average molecular weight is 337 g/mol. The third-order valence-corrected chi connectivity index (χ3v) is 5.33. The molecule has 2 aliphatic rings. The molecule has 0 amide bonds. The Balaban J connectivity index is 1.43. The van der Waals surface area contributed by atoms with Gasteiger partial charge in [-0.15, -0.1) is 10.2 Å². The zero-order valence-electron chi connectivity index (χ0n) is 14.6. The lowest BCUT2D eigenvalue weighted by molar-refractivity contribution is 0.416. The summed E-state index contributed by atoms with van der Waals surface area (Å²) in [5.74, 6) is 2.66. The first-order valence-corrected chi connectivity index (χ1v) is 9.19. The third-order valence-electron chi connectivity index (χ3n) is 5.33. The number of aromatic nitrogens is 3. The molecule has 0 radical (unpaired) electrons. The van der Waals surface area contributed by atoms with Gasteiger partial charge in [0.1, 0.15) is 11.9 Å². The highest BCUT2D eigenvalue weighted by atomic mass is 16.4. The Bertz CT molecular complexity index is 807. The predicted molar refractivity (Wildman–Crippen MR) is 93.1 cm³/mol. The van der Waals surface area contributed by atoms with E-state index in [0.29, 0.717) is 23.4 Å². The van der Waals surface area contributed by atoms with Crippen molar-refractivity contribution in [2.75, 3.05) is 5.32 Å². The number of hydrogen-bond donors (Lipinski definition) is 1. The van der Waals surface area contributed by atoms with Crippen LogP contribution in [-0.4, -0.2) is 21.2 Å². The molecule has 0 unspecified atom stereocenters. The van der Waals surface area contributed by atoms with Gasteiger partial charge < -0.3 is 9.73 Å². The fourth-order valence-corrected chi connectivity index (χ4v) is 4.08. The monoisotopic (exact) mass is 337 g/mol. The van der Waals surface area contributed by atoms with Crippen molar-refractivity contribution in [2.45, 2.75) is 64.3 Å². The largest absolute Gasteiger partial charge is 0.426 e. The molecule has 2 aliphatic carbocycles. The second-order valence-electron chi connectivity index (χ2n) is 7.25. The van der Waals surface area contributed by atoms with Crippen LogP contribution in [0.5, 0.6) is 0 Å². The summed E-state index contributed by atoms with van der Waals surface area (Å²) >= 11 is 0. The summed E-state index contributed by atoms with van der Waals surface area (Å²) in [4.78, 5) is 4.79. The summed E-state index contributed by atoms with van der Waals surface area (Å²) in [6, 6.07) is 4.71. The first-order valence-electron chi connectivity index (χ1n) is 9.19. The predicted octanol–water partition coefficient (Wildman–Crippen LogP) is 3.35.